The van der Waals surface area contributed by atoms with E-state index in [1.807, 2.05) is 32.0 Å². The number of anilines is 4. The first-order valence-electron chi connectivity index (χ1n) is 11.6. The maximum absolute atomic E-state index is 14.6. The molecule has 1 saturated heterocycles. The van der Waals surface area contributed by atoms with Crippen molar-refractivity contribution in [2.24, 2.45) is 0 Å². The summed E-state index contributed by atoms with van der Waals surface area (Å²) in [6, 6.07) is 5.85. The lowest BCUT2D eigenvalue weighted by molar-refractivity contribution is -0.120. The van der Waals surface area contributed by atoms with E-state index < -0.39 is 10.6 Å². The van der Waals surface area contributed by atoms with Crippen molar-refractivity contribution in [1.29, 1.82) is 0 Å². The zero-order chi connectivity index (χ0) is 25.1. The summed E-state index contributed by atoms with van der Waals surface area (Å²) in [6.45, 7) is 12.7. The number of aromatic nitrogens is 2. The SMILES string of the molecule is CN1C(=O)C(C)(C)Sc2cc(Nc3ncc(F)c(NC4CC(C)(C)N(C)C(C)(C)C4)n3)ccc21. The number of halogens is 1. The first-order chi connectivity index (χ1) is 15.7. The third-order valence-electron chi connectivity index (χ3n) is 7.15. The molecule has 3 heterocycles. The van der Waals surface area contributed by atoms with E-state index in [2.05, 4.69) is 60.2 Å². The van der Waals surface area contributed by atoms with Crippen molar-refractivity contribution < 1.29 is 9.18 Å². The minimum absolute atomic E-state index is 0.0207. The second-order valence-electron chi connectivity index (χ2n) is 11.1. The number of likely N-dealkylation sites (tertiary alicyclic amines) is 1. The van der Waals surface area contributed by atoms with Crippen LogP contribution in [0.5, 0.6) is 0 Å². The quantitative estimate of drug-likeness (QED) is 0.610. The highest BCUT2D eigenvalue weighted by atomic mass is 32.2. The fourth-order valence-electron chi connectivity index (χ4n) is 5.11. The Kier molecular flexibility index (Phi) is 6.09. The average Bonchev–Trinajstić information content (AvgIpc) is 2.72. The fourth-order valence-corrected chi connectivity index (χ4v) is 6.38. The smallest absolute Gasteiger partial charge is 0.242 e. The number of nitrogens with one attached hydrogen (secondary N) is 2. The highest BCUT2D eigenvalue weighted by Gasteiger charge is 2.43. The van der Waals surface area contributed by atoms with Gasteiger partial charge in [0.2, 0.25) is 11.9 Å². The maximum atomic E-state index is 14.6. The number of benzene rings is 1. The predicted octanol–water partition coefficient (Wildman–Crippen LogP) is 5.27. The molecule has 1 fully saturated rings. The molecule has 0 aliphatic carbocycles. The Morgan fingerprint density at radius 3 is 2.38 bits per heavy atom. The Bertz CT molecular complexity index is 1100. The van der Waals surface area contributed by atoms with E-state index in [-0.39, 0.29) is 28.8 Å². The van der Waals surface area contributed by atoms with Gasteiger partial charge in [-0.15, -0.1) is 11.8 Å². The molecule has 0 spiro atoms. The van der Waals surface area contributed by atoms with Gasteiger partial charge in [0.15, 0.2) is 11.6 Å². The number of carbonyl (C=O) groups excluding carboxylic acids is 1. The van der Waals surface area contributed by atoms with E-state index in [0.717, 1.165) is 29.1 Å². The molecular formula is C25H35FN6OS. The summed E-state index contributed by atoms with van der Waals surface area (Å²) < 4.78 is 14.1. The van der Waals surface area contributed by atoms with Crippen molar-refractivity contribution in [2.45, 2.75) is 81.1 Å². The molecule has 1 aromatic carbocycles. The Morgan fingerprint density at radius 2 is 1.74 bits per heavy atom. The predicted molar refractivity (Wildman–Crippen MR) is 138 cm³/mol. The molecule has 2 N–H and O–H groups in total. The van der Waals surface area contributed by atoms with Crippen LogP contribution in [0.15, 0.2) is 29.3 Å². The molecule has 1 amide bonds. The summed E-state index contributed by atoms with van der Waals surface area (Å²) in [5.41, 5.74) is 1.61. The number of rotatable bonds is 4. The van der Waals surface area contributed by atoms with E-state index >= 15 is 0 Å². The van der Waals surface area contributed by atoms with Gasteiger partial charge in [0.25, 0.3) is 0 Å². The fraction of sp³-hybridized carbons (Fsp3) is 0.560. The normalized spacial score (nSPS) is 21.8. The van der Waals surface area contributed by atoms with Gasteiger partial charge in [0.05, 0.1) is 16.6 Å². The number of amides is 1. The Balaban J connectivity index is 1.54. The van der Waals surface area contributed by atoms with Crippen LogP contribution in [0.2, 0.25) is 0 Å². The summed E-state index contributed by atoms with van der Waals surface area (Å²) in [5, 5.41) is 6.54. The van der Waals surface area contributed by atoms with E-state index in [1.165, 1.54) is 18.0 Å². The number of nitrogens with zero attached hydrogens (tertiary/aromatic N) is 4. The van der Waals surface area contributed by atoms with Crippen molar-refractivity contribution in [3.63, 3.8) is 0 Å². The van der Waals surface area contributed by atoms with Gasteiger partial charge in [-0.25, -0.2) is 9.37 Å². The highest BCUT2D eigenvalue weighted by Crippen LogP contribution is 2.45. The molecule has 0 saturated carbocycles. The van der Waals surface area contributed by atoms with Gasteiger partial charge < -0.3 is 15.5 Å². The van der Waals surface area contributed by atoms with Gasteiger partial charge in [0, 0.05) is 34.8 Å². The lowest BCUT2D eigenvalue weighted by atomic mass is 9.77. The van der Waals surface area contributed by atoms with Gasteiger partial charge in [0.1, 0.15) is 0 Å². The minimum Gasteiger partial charge on any atom is -0.365 e. The molecule has 0 radical (unpaired) electrons. The van der Waals surface area contributed by atoms with Gasteiger partial charge in [-0.3, -0.25) is 9.69 Å². The summed E-state index contributed by atoms with van der Waals surface area (Å²) in [7, 11) is 3.94. The number of hydrogen-bond acceptors (Lipinski definition) is 7. The Hall–Kier alpha value is -2.39. The van der Waals surface area contributed by atoms with Gasteiger partial charge in [-0.2, -0.15) is 4.98 Å². The maximum Gasteiger partial charge on any atom is 0.242 e. The lowest BCUT2D eigenvalue weighted by Gasteiger charge is -2.53. The minimum atomic E-state index is -0.542. The first kappa shape index (κ1) is 24.7. The number of piperidine rings is 1. The molecule has 2 aliphatic heterocycles. The molecule has 0 atom stereocenters. The van der Waals surface area contributed by atoms with Crippen LogP contribution in [0.1, 0.15) is 54.4 Å². The number of hydrogen-bond donors (Lipinski definition) is 2. The summed E-state index contributed by atoms with van der Waals surface area (Å²) in [6.07, 6.45) is 2.96. The third kappa shape index (κ3) is 4.60. The topological polar surface area (TPSA) is 73.4 Å². The first-order valence-corrected chi connectivity index (χ1v) is 12.4. The van der Waals surface area contributed by atoms with Crippen molar-refractivity contribution in [2.75, 3.05) is 29.6 Å². The van der Waals surface area contributed by atoms with Crippen LogP contribution in [-0.2, 0) is 4.79 Å². The van der Waals surface area contributed by atoms with Crippen LogP contribution < -0.4 is 15.5 Å². The van der Waals surface area contributed by atoms with Crippen LogP contribution in [-0.4, -0.2) is 56.7 Å². The Morgan fingerprint density at radius 1 is 1.09 bits per heavy atom. The number of thioether (sulfide) groups is 1. The van der Waals surface area contributed by atoms with Crippen molar-refractivity contribution >= 4 is 40.8 Å². The molecule has 34 heavy (non-hydrogen) atoms. The van der Waals surface area contributed by atoms with Crippen LogP contribution in [0.4, 0.5) is 27.5 Å². The standard InChI is InChI=1S/C25H35FN6OS/c1-23(2)12-16(13-24(3,4)32(23)8)28-20-17(26)14-27-22(30-20)29-15-9-10-18-19(11-15)34-25(5,6)21(33)31(18)7/h9-11,14,16H,12-13H2,1-8H3,(H2,27,28,29,30). The summed E-state index contributed by atoms with van der Waals surface area (Å²) in [4.78, 5) is 26.2. The molecule has 4 rings (SSSR count). The van der Waals surface area contributed by atoms with Crippen molar-refractivity contribution in [1.82, 2.24) is 14.9 Å². The van der Waals surface area contributed by atoms with Gasteiger partial charge in [-0.1, -0.05) is 0 Å². The second kappa shape index (κ2) is 8.37. The molecule has 0 bridgehead atoms. The van der Waals surface area contributed by atoms with Gasteiger partial charge >= 0.3 is 0 Å². The van der Waals surface area contributed by atoms with Crippen molar-refractivity contribution in [3.8, 4) is 0 Å². The number of carbonyl (C=O) groups is 1. The van der Waals surface area contributed by atoms with Crippen LogP contribution in [0.25, 0.3) is 0 Å². The monoisotopic (exact) mass is 486 g/mol. The summed E-state index contributed by atoms with van der Waals surface area (Å²) in [5.74, 6) is 0.128. The molecule has 7 nitrogen and oxygen atoms in total. The number of fused-ring (bicyclic) bond motifs is 1. The largest absolute Gasteiger partial charge is 0.365 e. The molecule has 2 aromatic rings. The van der Waals surface area contributed by atoms with Gasteiger partial charge in [-0.05, 0) is 79.6 Å². The molecule has 184 valence electrons. The third-order valence-corrected chi connectivity index (χ3v) is 8.39. The molecular weight excluding hydrogens is 451 g/mol. The molecule has 2 aliphatic rings. The highest BCUT2D eigenvalue weighted by molar-refractivity contribution is 8.01. The lowest BCUT2D eigenvalue weighted by Crippen LogP contribution is -2.61. The Labute approximate surface area is 205 Å². The van der Waals surface area contributed by atoms with Crippen LogP contribution >= 0.6 is 11.8 Å². The van der Waals surface area contributed by atoms with E-state index in [1.54, 1.807) is 11.9 Å². The summed E-state index contributed by atoms with van der Waals surface area (Å²) >= 11 is 1.53. The van der Waals surface area contributed by atoms with Crippen LogP contribution in [0.3, 0.4) is 0 Å². The van der Waals surface area contributed by atoms with E-state index in [4.69, 9.17) is 0 Å². The zero-order valence-electron chi connectivity index (χ0n) is 21.3. The van der Waals surface area contributed by atoms with E-state index in [9.17, 15) is 9.18 Å². The molecule has 9 heteroatoms. The second-order valence-corrected chi connectivity index (χ2v) is 12.8. The van der Waals surface area contributed by atoms with Crippen molar-refractivity contribution in [3.05, 3.63) is 30.2 Å². The van der Waals surface area contributed by atoms with Crippen LogP contribution in [0, 0.1) is 5.82 Å². The average molecular weight is 487 g/mol. The van der Waals surface area contributed by atoms with E-state index in [0.29, 0.717) is 5.95 Å². The molecule has 1 aromatic heterocycles. The molecule has 0 unspecified atom stereocenters. The zero-order valence-corrected chi connectivity index (χ0v) is 22.1.